The minimum absolute atomic E-state index is 0.0722. The molecule has 38 heavy (non-hydrogen) atoms. The third-order valence-corrected chi connectivity index (χ3v) is 7.70. The second kappa shape index (κ2) is 16.7. The van der Waals surface area contributed by atoms with E-state index in [0.29, 0.717) is 6.04 Å². The highest BCUT2D eigenvalue weighted by atomic mass is 19.1. The Bertz CT molecular complexity index is 978. The molecule has 1 aliphatic carbocycles. The Morgan fingerprint density at radius 2 is 1.55 bits per heavy atom. The van der Waals surface area contributed by atoms with E-state index in [9.17, 15) is 9.18 Å². The lowest BCUT2D eigenvalue weighted by Crippen LogP contribution is -2.35. The molecule has 0 N–H and O–H groups in total. The summed E-state index contributed by atoms with van der Waals surface area (Å²) in [4.78, 5) is 16.0. The number of hydrogen-bond acceptors (Lipinski definition) is 3. The summed E-state index contributed by atoms with van der Waals surface area (Å²) in [5.41, 5.74) is 5.07. The van der Waals surface area contributed by atoms with Crippen molar-refractivity contribution in [2.45, 2.75) is 106 Å². The molecule has 0 radical (unpaired) electrons. The zero-order chi connectivity index (χ0) is 28.1. The summed E-state index contributed by atoms with van der Waals surface area (Å²) in [5, 5.41) is 0. The van der Waals surface area contributed by atoms with Gasteiger partial charge in [-0.25, -0.2) is 4.39 Å². The number of anilines is 1. The molecule has 0 spiro atoms. The summed E-state index contributed by atoms with van der Waals surface area (Å²) in [7, 11) is 0. The molecule has 2 heterocycles. The number of Topliss-reactive ketones (excluding diaryl/α,β-unsaturated/α-hetero) is 1. The van der Waals surface area contributed by atoms with Crippen molar-refractivity contribution in [2.24, 2.45) is 5.92 Å². The molecule has 2 aliphatic heterocycles. The van der Waals surface area contributed by atoms with E-state index in [4.69, 9.17) is 0 Å². The molecule has 3 nitrogen and oxygen atoms in total. The molecule has 0 aromatic heterocycles. The van der Waals surface area contributed by atoms with E-state index in [0.717, 1.165) is 48.7 Å². The first-order chi connectivity index (χ1) is 18.3. The third kappa shape index (κ3) is 10.2. The van der Waals surface area contributed by atoms with E-state index in [2.05, 4.69) is 36.6 Å². The molecule has 5 rings (SSSR count). The van der Waals surface area contributed by atoms with Crippen molar-refractivity contribution in [3.05, 3.63) is 64.5 Å². The minimum Gasteiger partial charge on any atom is -0.368 e. The number of halogens is 1. The SMILES string of the molecule is CC.CCC1CC1.CCCc1cc(C)ccc1C(C)=O.Cc1ccc(N2CCC(N3CCCC3)C2)c(F)c1. The lowest BCUT2D eigenvalue weighted by atomic mass is 9.98. The van der Waals surface area contributed by atoms with Crippen LogP contribution in [0.2, 0.25) is 0 Å². The van der Waals surface area contributed by atoms with Gasteiger partial charge in [0, 0.05) is 24.7 Å². The van der Waals surface area contributed by atoms with Crippen LogP contribution in [0, 0.1) is 25.6 Å². The van der Waals surface area contributed by atoms with Gasteiger partial charge in [0.1, 0.15) is 5.82 Å². The number of rotatable bonds is 6. The predicted molar refractivity (Wildman–Crippen MR) is 162 cm³/mol. The van der Waals surface area contributed by atoms with Crippen LogP contribution in [0.25, 0.3) is 0 Å². The average Bonchev–Trinajstić information content (AvgIpc) is 3.35. The smallest absolute Gasteiger partial charge is 0.160 e. The number of carbonyl (C=O) groups excluding carboxylic acids is 1. The quantitative estimate of drug-likeness (QED) is 0.353. The summed E-state index contributed by atoms with van der Waals surface area (Å²) in [6.07, 6.45) is 10.4. The maximum atomic E-state index is 14.0. The summed E-state index contributed by atoms with van der Waals surface area (Å²) in [6, 6.07) is 12.2. The van der Waals surface area contributed by atoms with Crippen LogP contribution < -0.4 is 4.90 Å². The van der Waals surface area contributed by atoms with Gasteiger partial charge in [-0.2, -0.15) is 0 Å². The van der Waals surface area contributed by atoms with Crippen molar-refractivity contribution < 1.29 is 9.18 Å². The molecule has 212 valence electrons. The molecule has 3 aliphatic rings. The van der Waals surface area contributed by atoms with Crippen molar-refractivity contribution in [1.82, 2.24) is 4.90 Å². The van der Waals surface area contributed by atoms with Gasteiger partial charge in [0.2, 0.25) is 0 Å². The van der Waals surface area contributed by atoms with Gasteiger partial charge in [0.25, 0.3) is 0 Å². The van der Waals surface area contributed by atoms with Crippen LogP contribution in [0.3, 0.4) is 0 Å². The van der Waals surface area contributed by atoms with Crippen LogP contribution in [-0.4, -0.2) is 42.9 Å². The van der Waals surface area contributed by atoms with E-state index in [1.165, 1.54) is 62.7 Å². The molecule has 0 amide bonds. The van der Waals surface area contributed by atoms with Gasteiger partial charge in [-0.05, 0) is 88.7 Å². The lowest BCUT2D eigenvalue weighted by molar-refractivity contribution is 0.101. The van der Waals surface area contributed by atoms with Crippen molar-refractivity contribution in [3.63, 3.8) is 0 Å². The highest BCUT2D eigenvalue weighted by molar-refractivity contribution is 5.95. The van der Waals surface area contributed by atoms with Crippen LogP contribution in [0.5, 0.6) is 0 Å². The van der Waals surface area contributed by atoms with Crippen molar-refractivity contribution in [2.75, 3.05) is 31.1 Å². The highest BCUT2D eigenvalue weighted by Gasteiger charge is 2.30. The Hall–Kier alpha value is -2.20. The van der Waals surface area contributed by atoms with Crippen molar-refractivity contribution >= 4 is 11.5 Å². The number of benzene rings is 2. The third-order valence-electron chi connectivity index (χ3n) is 7.70. The topological polar surface area (TPSA) is 23.6 Å². The van der Waals surface area contributed by atoms with Crippen molar-refractivity contribution in [1.29, 1.82) is 0 Å². The Morgan fingerprint density at radius 3 is 2.08 bits per heavy atom. The molecule has 2 saturated heterocycles. The fourth-order valence-corrected chi connectivity index (χ4v) is 5.30. The summed E-state index contributed by atoms with van der Waals surface area (Å²) < 4.78 is 14.0. The number of hydrogen-bond donors (Lipinski definition) is 0. The molecular weight excluding hydrogens is 471 g/mol. The Kier molecular flexibility index (Phi) is 14.1. The maximum Gasteiger partial charge on any atom is 0.160 e. The van der Waals surface area contributed by atoms with Gasteiger partial charge in [0.05, 0.1) is 5.69 Å². The van der Waals surface area contributed by atoms with Gasteiger partial charge in [0.15, 0.2) is 5.78 Å². The predicted octanol–water partition coefficient (Wildman–Crippen LogP) is 8.79. The zero-order valence-corrected chi connectivity index (χ0v) is 25.3. The van der Waals surface area contributed by atoms with Crippen LogP contribution in [0.1, 0.15) is 107 Å². The monoisotopic (exact) mass is 524 g/mol. The first-order valence-electron chi connectivity index (χ1n) is 15.2. The van der Waals surface area contributed by atoms with Crippen LogP contribution in [0.4, 0.5) is 10.1 Å². The number of likely N-dealkylation sites (tertiary alicyclic amines) is 1. The summed E-state index contributed by atoms with van der Waals surface area (Å²) in [6.45, 7) is 18.4. The maximum absolute atomic E-state index is 14.0. The first kappa shape index (κ1) is 32.0. The van der Waals surface area contributed by atoms with Gasteiger partial charge in [-0.1, -0.05) is 83.2 Å². The first-order valence-corrected chi connectivity index (χ1v) is 15.2. The van der Waals surface area contributed by atoms with Gasteiger partial charge >= 0.3 is 0 Å². The Morgan fingerprint density at radius 1 is 0.921 bits per heavy atom. The molecule has 0 bridgehead atoms. The number of carbonyl (C=O) groups is 1. The highest BCUT2D eigenvalue weighted by Crippen LogP contribution is 2.31. The van der Waals surface area contributed by atoms with Gasteiger partial charge in [-0.3, -0.25) is 9.69 Å². The average molecular weight is 525 g/mol. The molecule has 1 saturated carbocycles. The van der Waals surface area contributed by atoms with E-state index < -0.39 is 0 Å². The lowest BCUT2D eigenvalue weighted by Gasteiger charge is -2.24. The van der Waals surface area contributed by atoms with Crippen LogP contribution in [0.15, 0.2) is 36.4 Å². The fourth-order valence-electron chi connectivity index (χ4n) is 5.30. The van der Waals surface area contributed by atoms with Crippen LogP contribution in [-0.2, 0) is 6.42 Å². The van der Waals surface area contributed by atoms with Crippen molar-refractivity contribution in [3.8, 4) is 0 Å². The summed E-state index contributed by atoms with van der Waals surface area (Å²) in [5.74, 6) is 1.23. The van der Waals surface area contributed by atoms with E-state index in [1.54, 1.807) is 13.0 Å². The normalized spacial score (nSPS) is 18.5. The molecule has 2 aromatic carbocycles. The number of ketones is 1. The second-order valence-corrected chi connectivity index (χ2v) is 10.9. The Labute approximate surface area is 232 Å². The van der Waals surface area contributed by atoms with Gasteiger partial charge in [-0.15, -0.1) is 0 Å². The minimum atomic E-state index is -0.0722. The zero-order valence-electron chi connectivity index (χ0n) is 25.3. The standard InChI is InChI=1S/C15H21FN2.C12H16O.C5H10.C2H6/c1-12-4-5-15(14(16)10-12)18-9-6-13(11-18)17-7-2-3-8-17;1-4-5-11-8-9(2)6-7-12(11)10(3)13;1-2-5-3-4-5;1-2/h4-5,10,13H,2-3,6-9,11H2,1H3;6-8H,4-5H2,1-3H3;5H,2-4H2,1H3;1-2H3. The molecule has 1 unspecified atom stereocenters. The second-order valence-electron chi connectivity index (χ2n) is 10.9. The molecular formula is C34H53FN2O. The van der Waals surface area contributed by atoms with Gasteiger partial charge < -0.3 is 4.90 Å². The number of nitrogens with zero attached hydrogens (tertiary/aromatic N) is 2. The van der Waals surface area contributed by atoms with Crippen LogP contribution >= 0.6 is 0 Å². The molecule has 4 heteroatoms. The largest absolute Gasteiger partial charge is 0.368 e. The fraction of sp³-hybridized carbons (Fsp3) is 0.618. The van der Waals surface area contributed by atoms with E-state index in [-0.39, 0.29) is 11.6 Å². The molecule has 1 atom stereocenters. The Balaban J connectivity index is 0.000000221. The summed E-state index contributed by atoms with van der Waals surface area (Å²) >= 11 is 0. The molecule has 2 aromatic rings. The van der Waals surface area contributed by atoms with E-state index in [1.807, 2.05) is 45.0 Å². The van der Waals surface area contributed by atoms with E-state index >= 15 is 0 Å². The number of aryl methyl sites for hydroxylation is 3. The molecule has 3 fully saturated rings.